The third-order valence-electron chi connectivity index (χ3n) is 2.08. The van der Waals surface area contributed by atoms with Crippen molar-refractivity contribution < 1.29 is 8.42 Å². The van der Waals surface area contributed by atoms with Crippen LogP contribution in [0, 0.1) is 0 Å². The minimum atomic E-state index is -3.33. The maximum atomic E-state index is 11.8. The van der Waals surface area contributed by atoms with Gasteiger partial charge in [0.25, 0.3) is 0 Å². The molecule has 0 saturated carbocycles. The zero-order valence-corrected chi connectivity index (χ0v) is 9.71. The Morgan fingerprint density at radius 2 is 1.73 bits per heavy atom. The summed E-state index contributed by atoms with van der Waals surface area (Å²) in [5.41, 5.74) is 1.44. The van der Waals surface area contributed by atoms with Crippen molar-refractivity contribution >= 4 is 9.84 Å². The highest BCUT2D eigenvalue weighted by Gasteiger charge is 2.10. The van der Waals surface area contributed by atoms with Crippen molar-refractivity contribution in [2.24, 2.45) is 0 Å². The van der Waals surface area contributed by atoms with Gasteiger partial charge in [-0.05, 0) is 31.6 Å². The van der Waals surface area contributed by atoms with E-state index in [1.165, 1.54) is 5.41 Å². The van der Waals surface area contributed by atoms with Gasteiger partial charge in [-0.25, -0.2) is 8.42 Å². The number of benzene rings is 1. The standard InChI is InChI=1S/C12H14O2S/c1-10(2)11(3)9-15(13,14)12-7-5-4-6-8-12/h4-9H,1H2,2-3H3/b11-9+. The predicted molar refractivity (Wildman–Crippen MR) is 62.2 cm³/mol. The van der Waals surface area contributed by atoms with Crippen LogP contribution >= 0.6 is 0 Å². The SMILES string of the molecule is C=C(C)/C(C)=C/S(=O)(=O)c1ccccc1. The molecule has 0 atom stereocenters. The highest BCUT2D eigenvalue weighted by Crippen LogP contribution is 2.15. The lowest BCUT2D eigenvalue weighted by Crippen LogP contribution is -1.97. The quantitative estimate of drug-likeness (QED) is 0.737. The molecule has 0 aliphatic heterocycles. The van der Waals surface area contributed by atoms with E-state index < -0.39 is 9.84 Å². The largest absolute Gasteiger partial charge is 0.219 e. The Morgan fingerprint density at radius 3 is 2.20 bits per heavy atom. The van der Waals surface area contributed by atoms with E-state index in [1.54, 1.807) is 44.2 Å². The normalized spacial score (nSPS) is 12.5. The van der Waals surface area contributed by atoms with Crippen molar-refractivity contribution in [1.82, 2.24) is 0 Å². The Kier molecular flexibility index (Phi) is 3.48. The Morgan fingerprint density at radius 1 is 1.20 bits per heavy atom. The van der Waals surface area contributed by atoms with Crippen LogP contribution in [0.15, 0.2) is 58.4 Å². The van der Waals surface area contributed by atoms with Crippen LogP contribution in [0.2, 0.25) is 0 Å². The molecule has 0 amide bonds. The number of hydrogen-bond donors (Lipinski definition) is 0. The second kappa shape index (κ2) is 4.45. The van der Waals surface area contributed by atoms with Crippen LogP contribution in [-0.4, -0.2) is 8.42 Å². The van der Waals surface area contributed by atoms with Crippen LogP contribution < -0.4 is 0 Å². The van der Waals surface area contributed by atoms with Crippen LogP contribution in [0.3, 0.4) is 0 Å². The minimum Gasteiger partial charge on any atom is -0.219 e. The lowest BCUT2D eigenvalue weighted by Gasteiger charge is -2.01. The highest BCUT2D eigenvalue weighted by molar-refractivity contribution is 7.94. The van der Waals surface area contributed by atoms with E-state index in [1.807, 2.05) is 0 Å². The molecule has 3 heteroatoms. The molecule has 0 spiro atoms. The summed E-state index contributed by atoms with van der Waals surface area (Å²) < 4.78 is 23.7. The van der Waals surface area contributed by atoms with Crippen LogP contribution in [0.4, 0.5) is 0 Å². The molecule has 0 aromatic heterocycles. The summed E-state index contributed by atoms with van der Waals surface area (Å²) in [4.78, 5) is 0.311. The van der Waals surface area contributed by atoms with Gasteiger partial charge in [-0.3, -0.25) is 0 Å². The van der Waals surface area contributed by atoms with Gasteiger partial charge in [-0.1, -0.05) is 30.4 Å². The smallest absolute Gasteiger partial charge is 0.200 e. The highest BCUT2D eigenvalue weighted by atomic mass is 32.2. The lowest BCUT2D eigenvalue weighted by molar-refractivity contribution is 0.604. The van der Waals surface area contributed by atoms with Crippen LogP contribution in [-0.2, 0) is 9.84 Å². The average Bonchev–Trinajstić information content (AvgIpc) is 2.18. The molecular weight excluding hydrogens is 208 g/mol. The maximum Gasteiger partial charge on any atom is 0.200 e. The first-order valence-corrected chi connectivity index (χ1v) is 6.12. The first-order chi connectivity index (χ1) is 6.93. The fraction of sp³-hybridized carbons (Fsp3) is 0.167. The van der Waals surface area contributed by atoms with Crippen LogP contribution in [0.25, 0.3) is 0 Å². The Balaban J connectivity index is 3.17. The van der Waals surface area contributed by atoms with Gasteiger partial charge in [0, 0.05) is 5.41 Å². The molecular formula is C12H14O2S. The van der Waals surface area contributed by atoms with E-state index in [9.17, 15) is 8.42 Å². The van der Waals surface area contributed by atoms with E-state index in [4.69, 9.17) is 0 Å². The topological polar surface area (TPSA) is 34.1 Å². The summed E-state index contributed by atoms with van der Waals surface area (Å²) >= 11 is 0. The molecule has 0 saturated heterocycles. The fourth-order valence-electron chi connectivity index (χ4n) is 1.01. The van der Waals surface area contributed by atoms with E-state index in [-0.39, 0.29) is 0 Å². The van der Waals surface area contributed by atoms with Gasteiger partial charge < -0.3 is 0 Å². The van der Waals surface area contributed by atoms with Crippen molar-refractivity contribution in [2.75, 3.05) is 0 Å². The number of hydrogen-bond acceptors (Lipinski definition) is 2. The van der Waals surface area contributed by atoms with Crippen molar-refractivity contribution in [3.05, 3.63) is 53.5 Å². The molecule has 0 fully saturated rings. The molecule has 0 unspecified atom stereocenters. The van der Waals surface area contributed by atoms with Crippen molar-refractivity contribution in [1.29, 1.82) is 0 Å². The van der Waals surface area contributed by atoms with E-state index in [0.717, 1.165) is 5.57 Å². The third-order valence-corrected chi connectivity index (χ3v) is 3.67. The predicted octanol–water partition coefficient (Wildman–Crippen LogP) is 2.94. The van der Waals surface area contributed by atoms with Gasteiger partial charge >= 0.3 is 0 Å². The lowest BCUT2D eigenvalue weighted by atomic mass is 10.2. The fourth-order valence-corrected chi connectivity index (χ4v) is 2.35. The van der Waals surface area contributed by atoms with Crippen molar-refractivity contribution in [2.45, 2.75) is 18.7 Å². The average molecular weight is 222 g/mol. The zero-order chi connectivity index (χ0) is 11.5. The first-order valence-electron chi connectivity index (χ1n) is 4.58. The second-order valence-electron chi connectivity index (χ2n) is 3.44. The molecule has 1 aromatic rings. The molecule has 0 radical (unpaired) electrons. The third kappa shape index (κ3) is 3.06. The van der Waals surface area contributed by atoms with Gasteiger partial charge in [-0.15, -0.1) is 0 Å². The van der Waals surface area contributed by atoms with Crippen LogP contribution in [0.5, 0.6) is 0 Å². The zero-order valence-electron chi connectivity index (χ0n) is 8.90. The van der Waals surface area contributed by atoms with Gasteiger partial charge in [-0.2, -0.15) is 0 Å². The monoisotopic (exact) mass is 222 g/mol. The summed E-state index contributed by atoms with van der Waals surface area (Å²) in [5, 5.41) is 1.25. The molecule has 80 valence electrons. The Bertz CT molecular complexity index is 482. The summed E-state index contributed by atoms with van der Waals surface area (Å²) in [6, 6.07) is 8.36. The molecule has 0 aliphatic carbocycles. The molecule has 2 nitrogen and oxygen atoms in total. The molecule has 0 N–H and O–H groups in total. The summed E-state index contributed by atoms with van der Waals surface area (Å²) in [6.45, 7) is 7.22. The molecule has 0 aliphatic rings. The van der Waals surface area contributed by atoms with Crippen molar-refractivity contribution in [3.63, 3.8) is 0 Å². The van der Waals surface area contributed by atoms with E-state index in [0.29, 0.717) is 10.5 Å². The van der Waals surface area contributed by atoms with Gasteiger partial charge in [0.05, 0.1) is 4.90 Å². The van der Waals surface area contributed by atoms with E-state index in [2.05, 4.69) is 6.58 Å². The van der Waals surface area contributed by atoms with Gasteiger partial charge in [0.2, 0.25) is 0 Å². The molecule has 1 rings (SSSR count). The first kappa shape index (κ1) is 11.7. The van der Waals surface area contributed by atoms with Gasteiger partial charge in [0.15, 0.2) is 9.84 Å². The molecule has 1 aromatic carbocycles. The summed E-state index contributed by atoms with van der Waals surface area (Å²) in [7, 11) is -3.33. The molecule has 15 heavy (non-hydrogen) atoms. The molecule has 0 heterocycles. The van der Waals surface area contributed by atoms with E-state index >= 15 is 0 Å². The Labute approximate surface area is 90.9 Å². The van der Waals surface area contributed by atoms with Gasteiger partial charge in [0.1, 0.15) is 0 Å². The Hall–Kier alpha value is -1.35. The number of rotatable bonds is 3. The summed E-state index contributed by atoms with van der Waals surface area (Å²) in [6.07, 6.45) is 0. The summed E-state index contributed by atoms with van der Waals surface area (Å²) in [5.74, 6) is 0. The minimum absolute atomic E-state index is 0.311. The molecule has 0 bridgehead atoms. The number of allylic oxidation sites excluding steroid dienone is 2. The second-order valence-corrected chi connectivity index (χ2v) is 5.24. The maximum absolute atomic E-state index is 11.8. The number of sulfone groups is 1. The van der Waals surface area contributed by atoms with Crippen LogP contribution in [0.1, 0.15) is 13.8 Å². The van der Waals surface area contributed by atoms with Crippen molar-refractivity contribution in [3.8, 4) is 0 Å².